The minimum atomic E-state index is -0.770. The van der Waals surface area contributed by atoms with E-state index in [0.29, 0.717) is 62.9 Å². The number of thioether (sulfide) groups is 1. The van der Waals surface area contributed by atoms with Crippen molar-refractivity contribution < 1.29 is 33.9 Å². The number of imide groups is 1. The van der Waals surface area contributed by atoms with Crippen molar-refractivity contribution in [2.75, 3.05) is 17.6 Å². The Morgan fingerprint density at radius 3 is 2.40 bits per heavy atom. The third kappa shape index (κ3) is 8.80. The topological polar surface area (TPSA) is 162 Å². The predicted octanol–water partition coefficient (Wildman–Crippen LogP) is 2.70. The fourth-order valence-electron chi connectivity index (χ4n) is 5.78. The number of hydrogen-bond donors (Lipinski definition) is 4. The van der Waals surface area contributed by atoms with Gasteiger partial charge in [0.1, 0.15) is 12.1 Å². The van der Waals surface area contributed by atoms with Crippen LogP contribution >= 0.6 is 11.8 Å². The highest BCUT2D eigenvalue weighted by atomic mass is 32.2. The minimum Gasteiger partial charge on any atom is -0.481 e. The molecule has 0 radical (unpaired) electrons. The lowest BCUT2D eigenvalue weighted by Crippen LogP contribution is -2.50. The van der Waals surface area contributed by atoms with Gasteiger partial charge in [0.25, 0.3) is 0 Å². The number of rotatable bonds is 14. The zero-order chi connectivity index (χ0) is 30.1. The molecule has 0 aromatic heterocycles. The van der Waals surface area contributed by atoms with Gasteiger partial charge in [0, 0.05) is 25.1 Å². The van der Waals surface area contributed by atoms with E-state index >= 15 is 0 Å². The lowest BCUT2D eigenvalue weighted by Gasteiger charge is -2.28. The van der Waals surface area contributed by atoms with Gasteiger partial charge in [0.2, 0.25) is 29.5 Å². The molecule has 1 aliphatic carbocycles. The van der Waals surface area contributed by atoms with Crippen LogP contribution in [-0.2, 0) is 28.8 Å². The van der Waals surface area contributed by atoms with Gasteiger partial charge in [-0.05, 0) is 68.7 Å². The average Bonchev–Trinajstić information content (AvgIpc) is 3.53. The first-order valence-electron chi connectivity index (χ1n) is 14.9. The molecule has 1 aromatic rings. The van der Waals surface area contributed by atoms with Gasteiger partial charge in [-0.1, -0.05) is 31.0 Å². The highest BCUT2D eigenvalue weighted by Gasteiger charge is 2.40. The van der Waals surface area contributed by atoms with Crippen molar-refractivity contribution in [3.8, 4) is 0 Å². The van der Waals surface area contributed by atoms with E-state index in [1.165, 1.54) is 16.7 Å². The number of carbonyl (C=O) groups excluding carboxylic acids is 5. The number of para-hydroxylation sites is 1. The van der Waals surface area contributed by atoms with Gasteiger partial charge in [-0.15, -0.1) is 11.8 Å². The summed E-state index contributed by atoms with van der Waals surface area (Å²) in [7, 11) is 0. The Balaban J connectivity index is 1.18. The van der Waals surface area contributed by atoms with Crippen LogP contribution in [0.25, 0.3) is 0 Å². The van der Waals surface area contributed by atoms with E-state index < -0.39 is 23.3 Å². The number of benzene rings is 1. The first-order chi connectivity index (χ1) is 20.2. The normalized spacial score (nSPS) is 24.8. The monoisotopic (exact) mass is 600 g/mol. The molecule has 228 valence electrons. The Morgan fingerprint density at radius 1 is 1.00 bits per heavy atom. The van der Waals surface area contributed by atoms with Crippen LogP contribution in [0, 0.1) is 11.8 Å². The molecule has 4 N–H and O–H groups in total. The lowest BCUT2D eigenvalue weighted by molar-refractivity contribution is -0.144. The second-order valence-corrected chi connectivity index (χ2v) is 12.7. The van der Waals surface area contributed by atoms with E-state index in [4.69, 9.17) is 0 Å². The number of unbranched alkanes of at least 4 members (excludes halogenated alkanes) is 2. The van der Waals surface area contributed by atoms with Gasteiger partial charge in [0.05, 0.1) is 11.2 Å². The zero-order valence-electron chi connectivity index (χ0n) is 23.7. The number of carboxylic acid groups (broad SMARTS) is 1. The molecule has 4 rings (SSSR count). The molecule has 2 heterocycles. The molecule has 2 saturated heterocycles. The van der Waals surface area contributed by atoms with Crippen LogP contribution < -0.4 is 16.0 Å². The average molecular weight is 601 g/mol. The van der Waals surface area contributed by atoms with Crippen molar-refractivity contribution >= 4 is 53.0 Å². The van der Waals surface area contributed by atoms with Crippen LogP contribution in [0.15, 0.2) is 30.3 Å². The van der Waals surface area contributed by atoms with Crippen molar-refractivity contribution in [1.82, 2.24) is 15.5 Å². The first kappa shape index (κ1) is 31.5. The van der Waals surface area contributed by atoms with Crippen molar-refractivity contribution in [3.05, 3.63) is 30.3 Å². The zero-order valence-corrected chi connectivity index (χ0v) is 24.5. The summed E-state index contributed by atoms with van der Waals surface area (Å²) in [4.78, 5) is 75.2. The summed E-state index contributed by atoms with van der Waals surface area (Å²) in [6.07, 6.45) is 6.16. The highest BCUT2D eigenvalue weighted by Crippen LogP contribution is 2.32. The quantitative estimate of drug-likeness (QED) is 0.187. The largest absolute Gasteiger partial charge is 0.481 e. The van der Waals surface area contributed by atoms with Crippen LogP contribution in [-0.4, -0.2) is 75.1 Å². The molecule has 42 heavy (non-hydrogen) atoms. The Labute approximate surface area is 249 Å². The van der Waals surface area contributed by atoms with Crippen LogP contribution in [0.2, 0.25) is 0 Å². The maximum Gasteiger partial charge on any atom is 0.306 e. The first-order valence-corrected chi connectivity index (χ1v) is 15.9. The summed E-state index contributed by atoms with van der Waals surface area (Å²) >= 11 is 1.48. The predicted molar refractivity (Wildman–Crippen MR) is 157 cm³/mol. The van der Waals surface area contributed by atoms with E-state index in [0.717, 1.165) is 12.8 Å². The standard InChI is InChI=1S/C30H40N4O7S/c35-25-15-14-23(32-25)28(38)33-22(27(37)31-21-7-3-1-4-8-21)9-5-2-6-16-42-24-17-26(36)34(29(24)39)18-19-10-12-20(13-11-19)30(40)41/h1,3-4,7-8,19-20,22-24H,2,5-6,9-18H2,(H,31,37)(H,32,35)(H,33,38)(H,40,41). The summed E-state index contributed by atoms with van der Waals surface area (Å²) in [6, 6.07) is 7.61. The number of anilines is 1. The number of nitrogens with one attached hydrogen (secondary N) is 3. The molecule has 2 aliphatic heterocycles. The molecule has 1 aromatic carbocycles. The summed E-state index contributed by atoms with van der Waals surface area (Å²) in [5.41, 5.74) is 0.630. The maximum absolute atomic E-state index is 13.0. The van der Waals surface area contributed by atoms with E-state index in [1.807, 2.05) is 18.2 Å². The highest BCUT2D eigenvalue weighted by molar-refractivity contribution is 8.00. The molecular weight excluding hydrogens is 560 g/mol. The Hall–Kier alpha value is -3.41. The number of likely N-dealkylation sites (tertiary alicyclic amines) is 1. The molecule has 5 amide bonds. The van der Waals surface area contributed by atoms with Gasteiger partial charge in [-0.25, -0.2) is 0 Å². The Kier molecular flexibility index (Phi) is 11.4. The van der Waals surface area contributed by atoms with Gasteiger partial charge in [-0.2, -0.15) is 0 Å². The second kappa shape index (κ2) is 15.2. The van der Waals surface area contributed by atoms with Crippen LogP contribution in [0.3, 0.4) is 0 Å². The fraction of sp³-hybridized carbons (Fsp3) is 0.600. The number of nitrogens with zero attached hydrogens (tertiary/aromatic N) is 1. The molecule has 3 atom stereocenters. The summed E-state index contributed by atoms with van der Waals surface area (Å²) < 4.78 is 0. The van der Waals surface area contributed by atoms with Crippen LogP contribution in [0.4, 0.5) is 5.69 Å². The molecule has 3 aliphatic rings. The molecule has 0 bridgehead atoms. The molecule has 0 spiro atoms. The summed E-state index contributed by atoms with van der Waals surface area (Å²) in [5.74, 6) is -1.40. The van der Waals surface area contributed by atoms with Crippen molar-refractivity contribution in [3.63, 3.8) is 0 Å². The Morgan fingerprint density at radius 2 is 1.74 bits per heavy atom. The SMILES string of the molecule is O=C1CCC(C(=O)NC(CCCCCSC2CC(=O)N(CC3CCC(C(=O)O)CC3)C2=O)C(=O)Nc2ccccc2)N1. The molecule has 12 heteroatoms. The van der Waals surface area contributed by atoms with E-state index in [-0.39, 0.29) is 54.2 Å². The van der Waals surface area contributed by atoms with Crippen molar-refractivity contribution in [1.29, 1.82) is 0 Å². The summed E-state index contributed by atoms with van der Waals surface area (Å²) in [6.45, 7) is 0.379. The number of carboxylic acids is 1. The van der Waals surface area contributed by atoms with Gasteiger partial charge < -0.3 is 21.1 Å². The van der Waals surface area contributed by atoms with E-state index in [2.05, 4.69) is 16.0 Å². The Bertz CT molecular complexity index is 1160. The van der Waals surface area contributed by atoms with Gasteiger partial charge in [0.15, 0.2) is 0 Å². The number of aliphatic carboxylic acids is 1. The van der Waals surface area contributed by atoms with Crippen molar-refractivity contribution in [2.24, 2.45) is 11.8 Å². The minimum absolute atomic E-state index is 0.148. The molecule has 1 saturated carbocycles. The summed E-state index contributed by atoms with van der Waals surface area (Å²) in [5, 5.41) is 17.1. The molecule has 3 fully saturated rings. The molecule has 11 nitrogen and oxygen atoms in total. The van der Waals surface area contributed by atoms with Crippen molar-refractivity contribution in [2.45, 2.75) is 88.0 Å². The molecule has 3 unspecified atom stereocenters. The number of hydrogen-bond acceptors (Lipinski definition) is 7. The second-order valence-electron chi connectivity index (χ2n) is 11.4. The van der Waals surface area contributed by atoms with Crippen LogP contribution in [0.1, 0.15) is 70.6 Å². The number of carbonyl (C=O) groups is 6. The van der Waals surface area contributed by atoms with Gasteiger partial charge in [-0.3, -0.25) is 33.7 Å². The maximum atomic E-state index is 13.0. The third-order valence-corrected chi connectivity index (χ3v) is 9.58. The van der Waals surface area contributed by atoms with E-state index in [9.17, 15) is 33.9 Å². The number of amides is 5. The van der Waals surface area contributed by atoms with Gasteiger partial charge >= 0.3 is 5.97 Å². The smallest absolute Gasteiger partial charge is 0.306 e. The van der Waals surface area contributed by atoms with E-state index in [1.54, 1.807) is 12.1 Å². The lowest BCUT2D eigenvalue weighted by atomic mass is 9.82. The molecular formula is C30H40N4O7S. The van der Waals surface area contributed by atoms with Crippen LogP contribution in [0.5, 0.6) is 0 Å². The fourth-order valence-corrected chi connectivity index (χ4v) is 6.97. The third-order valence-electron chi connectivity index (χ3n) is 8.28.